The van der Waals surface area contributed by atoms with Crippen molar-refractivity contribution in [1.82, 2.24) is 0 Å². The summed E-state index contributed by atoms with van der Waals surface area (Å²) < 4.78 is 14.6. The number of carbonyl (C=O) groups excluding carboxylic acids is 1. The summed E-state index contributed by atoms with van der Waals surface area (Å²) >= 11 is 0. The Labute approximate surface area is 144 Å². The number of hydrogen-bond acceptors (Lipinski definition) is 1. The molecule has 1 amide bonds. The van der Waals surface area contributed by atoms with Gasteiger partial charge in [-0.3, -0.25) is 4.79 Å². The topological polar surface area (TPSA) is 81.5 Å². The fraction of sp³-hybridized carbons (Fsp3) is 0. The average Bonchev–Trinajstić information content (AvgIpc) is 2.59. The molecular weight excluding hydrogens is 317 g/mol. The predicted octanol–water partition coefficient (Wildman–Crippen LogP) is 3.46. The molecule has 0 atom stereocenters. The van der Waals surface area contributed by atoms with Gasteiger partial charge in [0.2, 0.25) is 0 Å². The number of hydrogen-bond donors (Lipinski definition) is 2. The Balaban J connectivity index is 2.15. The Morgan fingerprint density at radius 1 is 0.960 bits per heavy atom. The van der Waals surface area contributed by atoms with Gasteiger partial charge in [-0.2, -0.15) is 4.99 Å². The van der Waals surface area contributed by atoms with Gasteiger partial charge in [-0.15, -0.1) is 0 Å². The van der Waals surface area contributed by atoms with Crippen LogP contribution in [0.3, 0.4) is 0 Å². The highest BCUT2D eigenvalue weighted by Crippen LogP contribution is 2.33. The van der Waals surface area contributed by atoms with Crippen LogP contribution < -0.4 is 11.5 Å². The van der Waals surface area contributed by atoms with Gasteiger partial charge >= 0.3 is 0 Å². The smallest absolute Gasteiger partial charge is 0.272 e. The molecule has 0 fully saturated rings. The summed E-state index contributed by atoms with van der Waals surface area (Å²) in [5, 5.41) is 1.94. The summed E-state index contributed by atoms with van der Waals surface area (Å²) in [4.78, 5) is 15.1. The molecule has 4 nitrogen and oxygen atoms in total. The minimum absolute atomic E-state index is 0.317. The molecule has 0 saturated heterocycles. The summed E-state index contributed by atoms with van der Waals surface area (Å²) in [6.07, 6.45) is 2.72. The minimum atomic E-state index is -0.604. The molecule has 124 valence electrons. The molecule has 3 aromatic carbocycles. The molecule has 5 heteroatoms. The van der Waals surface area contributed by atoms with Crippen LogP contribution >= 0.6 is 0 Å². The van der Waals surface area contributed by atoms with Gasteiger partial charge in [-0.1, -0.05) is 54.6 Å². The van der Waals surface area contributed by atoms with E-state index in [1.165, 1.54) is 18.2 Å². The number of amides is 1. The quantitative estimate of drug-likeness (QED) is 0.437. The standard InChI is InChI=1S/C20H16FN3O/c21-17-10-4-7-14(11-12-18(25)24-20(22)23)19(17)16-9-3-6-13-5-1-2-8-15(13)16/h1-12H,(H4,22,23,24,25). The zero-order valence-electron chi connectivity index (χ0n) is 13.3. The monoisotopic (exact) mass is 333 g/mol. The average molecular weight is 333 g/mol. The number of nitrogens with two attached hydrogens (primary N) is 2. The van der Waals surface area contributed by atoms with E-state index in [9.17, 15) is 9.18 Å². The molecule has 0 heterocycles. The first-order chi connectivity index (χ1) is 12.1. The zero-order valence-corrected chi connectivity index (χ0v) is 13.3. The third-order valence-corrected chi connectivity index (χ3v) is 3.75. The van der Waals surface area contributed by atoms with Gasteiger partial charge in [0.15, 0.2) is 5.96 Å². The fourth-order valence-electron chi connectivity index (χ4n) is 2.73. The lowest BCUT2D eigenvalue weighted by Crippen LogP contribution is -2.23. The van der Waals surface area contributed by atoms with Crippen LogP contribution in [0.15, 0.2) is 71.7 Å². The van der Waals surface area contributed by atoms with E-state index in [2.05, 4.69) is 4.99 Å². The van der Waals surface area contributed by atoms with Gasteiger partial charge < -0.3 is 11.5 Å². The second-order valence-electron chi connectivity index (χ2n) is 5.44. The molecular formula is C20H16FN3O. The van der Waals surface area contributed by atoms with Crippen LogP contribution in [-0.2, 0) is 4.79 Å². The van der Waals surface area contributed by atoms with E-state index in [0.29, 0.717) is 11.1 Å². The Kier molecular flexibility index (Phi) is 4.57. The van der Waals surface area contributed by atoms with Crippen molar-refractivity contribution in [2.45, 2.75) is 0 Å². The fourth-order valence-corrected chi connectivity index (χ4v) is 2.73. The first-order valence-electron chi connectivity index (χ1n) is 7.64. The van der Waals surface area contributed by atoms with Gasteiger partial charge in [0.25, 0.3) is 5.91 Å². The van der Waals surface area contributed by atoms with E-state index in [0.717, 1.165) is 16.3 Å². The van der Waals surface area contributed by atoms with Gasteiger partial charge in [0, 0.05) is 11.6 Å². The van der Waals surface area contributed by atoms with Gasteiger partial charge in [0.1, 0.15) is 5.82 Å². The van der Waals surface area contributed by atoms with Crippen LogP contribution in [0, 0.1) is 5.82 Å². The van der Waals surface area contributed by atoms with Crippen molar-refractivity contribution in [3.63, 3.8) is 0 Å². The number of fused-ring (bicyclic) bond motifs is 1. The molecule has 0 aliphatic rings. The van der Waals surface area contributed by atoms with E-state index in [1.54, 1.807) is 12.1 Å². The third-order valence-electron chi connectivity index (χ3n) is 3.75. The summed E-state index contributed by atoms with van der Waals surface area (Å²) in [6, 6.07) is 18.2. The van der Waals surface area contributed by atoms with Crippen LogP contribution in [0.4, 0.5) is 4.39 Å². The van der Waals surface area contributed by atoms with Crippen molar-refractivity contribution in [2.24, 2.45) is 16.5 Å². The van der Waals surface area contributed by atoms with Crippen molar-refractivity contribution < 1.29 is 9.18 Å². The maximum Gasteiger partial charge on any atom is 0.272 e. The Bertz CT molecular complexity index is 999. The minimum Gasteiger partial charge on any atom is -0.370 e. The molecule has 3 rings (SSSR count). The van der Waals surface area contributed by atoms with Gasteiger partial charge in [-0.25, -0.2) is 4.39 Å². The molecule has 0 saturated carbocycles. The van der Waals surface area contributed by atoms with Crippen molar-refractivity contribution in [1.29, 1.82) is 0 Å². The number of benzene rings is 3. The Morgan fingerprint density at radius 3 is 2.48 bits per heavy atom. The molecule has 3 aromatic rings. The second kappa shape index (κ2) is 6.97. The van der Waals surface area contributed by atoms with Crippen molar-refractivity contribution >= 4 is 28.7 Å². The molecule has 4 N–H and O–H groups in total. The van der Waals surface area contributed by atoms with Gasteiger partial charge in [0.05, 0.1) is 0 Å². The number of aliphatic imine (C=N–C) groups is 1. The lowest BCUT2D eigenvalue weighted by atomic mass is 9.94. The van der Waals surface area contributed by atoms with Crippen LogP contribution in [-0.4, -0.2) is 11.9 Å². The molecule has 0 spiro atoms. The summed E-state index contributed by atoms with van der Waals surface area (Å²) in [6.45, 7) is 0. The number of carbonyl (C=O) groups is 1. The number of nitrogens with zero attached hydrogens (tertiary/aromatic N) is 1. The van der Waals surface area contributed by atoms with E-state index in [1.807, 2.05) is 42.5 Å². The van der Waals surface area contributed by atoms with E-state index >= 15 is 0 Å². The molecule has 0 aliphatic heterocycles. The van der Waals surface area contributed by atoms with Gasteiger partial charge in [-0.05, 0) is 34.0 Å². The highest BCUT2D eigenvalue weighted by atomic mass is 19.1. The van der Waals surface area contributed by atoms with Crippen LogP contribution in [0.2, 0.25) is 0 Å². The van der Waals surface area contributed by atoms with Crippen LogP contribution in [0.25, 0.3) is 28.0 Å². The lowest BCUT2D eigenvalue weighted by molar-refractivity contribution is -0.113. The SMILES string of the molecule is NC(N)=NC(=O)C=Cc1cccc(F)c1-c1cccc2ccccc12. The number of rotatable bonds is 3. The summed E-state index contributed by atoms with van der Waals surface area (Å²) in [5.41, 5.74) is 12.1. The summed E-state index contributed by atoms with van der Waals surface area (Å²) in [7, 11) is 0. The van der Waals surface area contributed by atoms with E-state index in [4.69, 9.17) is 11.5 Å². The second-order valence-corrected chi connectivity index (χ2v) is 5.44. The highest BCUT2D eigenvalue weighted by Gasteiger charge is 2.12. The third kappa shape index (κ3) is 3.55. The maximum atomic E-state index is 14.6. The molecule has 0 unspecified atom stereocenters. The van der Waals surface area contributed by atoms with Crippen LogP contribution in [0.1, 0.15) is 5.56 Å². The molecule has 25 heavy (non-hydrogen) atoms. The zero-order chi connectivity index (χ0) is 17.8. The van der Waals surface area contributed by atoms with Crippen molar-refractivity contribution in [2.75, 3.05) is 0 Å². The Morgan fingerprint density at radius 2 is 1.68 bits per heavy atom. The number of halogens is 1. The largest absolute Gasteiger partial charge is 0.370 e. The summed E-state index contributed by atoms with van der Waals surface area (Å²) in [5.74, 6) is -1.29. The highest BCUT2D eigenvalue weighted by molar-refractivity contribution is 6.02. The number of guanidine groups is 1. The first kappa shape index (κ1) is 16.4. The van der Waals surface area contributed by atoms with Crippen molar-refractivity contribution in [3.8, 4) is 11.1 Å². The Hall–Kier alpha value is -3.47. The molecule has 0 aromatic heterocycles. The molecule has 0 bridgehead atoms. The maximum absolute atomic E-state index is 14.6. The predicted molar refractivity (Wildman–Crippen MR) is 99.2 cm³/mol. The normalized spacial score (nSPS) is 10.9. The molecule has 0 radical (unpaired) electrons. The molecule has 0 aliphatic carbocycles. The van der Waals surface area contributed by atoms with E-state index in [-0.39, 0.29) is 11.8 Å². The first-order valence-corrected chi connectivity index (χ1v) is 7.64. The van der Waals surface area contributed by atoms with Crippen molar-refractivity contribution in [3.05, 3.63) is 78.1 Å². The van der Waals surface area contributed by atoms with E-state index < -0.39 is 5.91 Å². The lowest BCUT2D eigenvalue weighted by Gasteiger charge is -2.11. The van der Waals surface area contributed by atoms with Crippen LogP contribution in [0.5, 0.6) is 0 Å².